The average Bonchev–Trinajstić information content (AvgIpc) is 3.14. The molecule has 2 N–H and O–H groups in total. The Balaban J connectivity index is 1.46. The van der Waals surface area contributed by atoms with Crippen molar-refractivity contribution >= 4 is 34.7 Å². The Kier molecular flexibility index (Phi) is 6.70. The molecule has 0 aliphatic carbocycles. The number of hydrogen-bond donors (Lipinski definition) is 2. The Bertz CT molecular complexity index is 944. The van der Waals surface area contributed by atoms with E-state index in [0.717, 1.165) is 47.3 Å². The van der Waals surface area contributed by atoms with Gasteiger partial charge in [-0.3, -0.25) is 9.36 Å². The molecule has 6 nitrogen and oxygen atoms in total. The van der Waals surface area contributed by atoms with E-state index < -0.39 is 0 Å². The van der Waals surface area contributed by atoms with Crippen molar-refractivity contribution < 1.29 is 0 Å². The summed E-state index contributed by atoms with van der Waals surface area (Å²) in [5, 5.41) is 16.7. The number of rotatable bonds is 7. The van der Waals surface area contributed by atoms with Crippen LogP contribution in [0.1, 0.15) is 29.1 Å². The summed E-state index contributed by atoms with van der Waals surface area (Å²) in [6.45, 7) is 8.43. The van der Waals surface area contributed by atoms with Crippen molar-refractivity contribution in [3.63, 3.8) is 0 Å². The van der Waals surface area contributed by atoms with E-state index >= 15 is 0 Å². The summed E-state index contributed by atoms with van der Waals surface area (Å²) < 4.78 is 3.96. The van der Waals surface area contributed by atoms with Crippen molar-refractivity contribution in [2.45, 2.75) is 40.3 Å². The van der Waals surface area contributed by atoms with Crippen LogP contribution in [0.15, 0.2) is 36.4 Å². The summed E-state index contributed by atoms with van der Waals surface area (Å²) in [6, 6.07) is 11.9. The van der Waals surface area contributed by atoms with Crippen molar-refractivity contribution in [2.75, 3.05) is 11.9 Å². The Morgan fingerprint density at radius 1 is 1.04 bits per heavy atom. The summed E-state index contributed by atoms with van der Waals surface area (Å²) in [6.07, 6.45) is 0.938. The van der Waals surface area contributed by atoms with Gasteiger partial charge in [-0.05, 0) is 63.2 Å². The van der Waals surface area contributed by atoms with Crippen LogP contribution in [0.3, 0.4) is 0 Å². The molecule has 0 aliphatic heterocycles. The number of thiocarbonyl (C=S) groups is 1. The third-order valence-electron chi connectivity index (χ3n) is 4.40. The van der Waals surface area contributed by atoms with Crippen molar-refractivity contribution in [1.29, 1.82) is 0 Å². The first-order chi connectivity index (χ1) is 13.4. The molecule has 0 bridgehead atoms. The maximum atomic E-state index is 5.94. The first-order valence-corrected chi connectivity index (χ1v) is 10.0. The number of nitrogens with zero attached hydrogens (tertiary/aromatic N) is 4. The Hall–Kier alpha value is -2.38. The molecule has 0 amide bonds. The predicted molar refractivity (Wildman–Crippen MR) is 118 cm³/mol. The predicted octanol–water partition coefficient (Wildman–Crippen LogP) is 4.08. The fraction of sp³-hybridized carbons (Fsp3) is 0.350. The van der Waals surface area contributed by atoms with Crippen LogP contribution in [0.5, 0.6) is 0 Å². The molecule has 0 spiro atoms. The van der Waals surface area contributed by atoms with Gasteiger partial charge in [0.2, 0.25) is 0 Å². The van der Waals surface area contributed by atoms with E-state index in [0.29, 0.717) is 11.7 Å². The van der Waals surface area contributed by atoms with Crippen LogP contribution < -0.4 is 10.6 Å². The van der Waals surface area contributed by atoms with Crippen molar-refractivity contribution in [3.8, 4) is 0 Å². The van der Waals surface area contributed by atoms with Crippen LogP contribution in [0.4, 0.5) is 5.82 Å². The molecule has 148 valence electrons. The van der Waals surface area contributed by atoms with Gasteiger partial charge in [0, 0.05) is 35.6 Å². The van der Waals surface area contributed by atoms with Crippen LogP contribution in [0.2, 0.25) is 5.02 Å². The summed E-state index contributed by atoms with van der Waals surface area (Å²) in [5.74, 6) is 0.738. The van der Waals surface area contributed by atoms with Gasteiger partial charge in [0.1, 0.15) is 0 Å². The fourth-order valence-corrected chi connectivity index (χ4v) is 3.32. The average molecular weight is 417 g/mol. The number of aryl methyl sites for hydroxylation is 4. The van der Waals surface area contributed by atoms with Gasteiger partial charge >= 0.3 is 0 Å². The SMILES string of the molecule is Cc1cc(C)n(CCCNC(=S)Nc2cc(C)n(Cc3ccc(Cl)cc3)n2)n1. The largest absolute Gasteiger partial charge is 0.362 e. The molecule has 8 heteroatoms. The molecule has 0 atom stereocenters. The number of anilines is 1. The smallest absolute Gasteiger partial charge is 0.171 e. The summed E-state index contributed by atoms with van der Waals surface area (Å²) >= 11 is 11.3. The van der Waals surface area contributed by atoms with Gasteiger partial charge in [-0.15, -0.1) is 0 Å². The maximum absolute atomic E-state index is 5.94. The van der Waals surface area contributed by atoms with E-state index in [-0.39, 0.29) is 0 Å². The van der Waals surface area contributed by atoms with E-state index in [2.05, 4.69) is 33.8 Å². The molecule has 0 radical (unpaired) electrons. The first-order valence-electron chi connectivity index (χ1n) is 9.25. The lowest BCUT2D eigenvalue weighted by Crippen LogP contribution is -2.30. The van der Waals surface area contributed by atoms with Crippen LogP contribution in [0, 0.1) is 20.8 Å². The number of nitrogens with one attached hydrogen (secondary N) is 2. The van der Waals surface area contributed by atoms with Crippen LogP contribution in [-0.2, 0) is 13.1 Å². The molecule has 2 heterocycles. The molecular formula is C20H25ClN6S. The minimum Gasteiger partial charge on any atom is -0.362 e. The molecule has 0 saturated carbocycles. The fourth-order valence-electron chi connectivity index (χ4n) is 2.99. The summed E-state index contributed by atoms with van der Waals surface area (Å²) in [4.78, 5) is 0. The lowest BCUT2D eigenvalue weighted by atomic mass is 10.2. The minimum absolute atomic E-state index is 0.574. The molecule has 1 aromatic carbocycles. The van der Waals surface area contributed by atoms with E-state index in [1.807, 2.05) is 53.5 Å². The third-order valence-corrected chi connectivity index (χ3v) is 4.90. The topological polar surface area (TPSA) is 59.7 Å². The van der Waals surface area contributed by atoms with Gasteiger partial charge in [0.05, 0.1) is 12.2 Å². The number of hydrogen-bond acceptors (Lipinski definition) is 3. The number of aromatic nitrogens is 4. The summed E-state index contributed by atoms with van der Waals surface area (Å²) in [5.41, 5.74) is 4.43. The van der Waals surface area contributed by atoms with E-state index in [1.54, 1.807) is 0 Å². The molecule has 0 saturated heterocycles. The zero-order valence-corrected chi connectivity index (χ0v) is 17.9. The molecule has 0 unspecified atom stereocenters. The van der Waals surface area contributed by atoms with E-state index in [9.17, 15) is 0 Å². The van der Waals surface area contributed by atoms with Crippen LogP contribution in [-0.4, -0.2) is 31.2 Å². The standard InChI is InChI=1S/C20H25ClN6S/c1-14-11-15(2)26(24-14)10-4-9-22-20(28)23-19-12-16(3)27(25-19)13-17-5-7-18(21)8-6-17/h5-8,11-12H,4,9-10,13H2,1-3H3,(H2,22,23,25,28). The monoisotopic (exact) mass is 416 g/mol. The number of benzene rings is 1. The molecule has 3 aromatic rings. The lowest BCUT2D eigenvalue weighted by molar-refractivity contribution is 0.558. The van der Waals surface area contributed by atoms with Gasteiger partial charge in [0.25, 0.3) is 0 Å². The second-order valence-electron chi connectivity index (χ2n) is 6.84. The Morgan fingerprint density at radius 3 is 2.43 bits per heavy atom. The van der Waals surface area contributed by atoms with Gasteiger partial charge in [-0.2, -0.15) is 10.2 Å². The van der Waals surface area contributed by atoms with Gasteiger partial charge < -0.3 is 10.6 Å². The molecule has 28 heavy (non-hydrogen) atoms. The molecule has 0 fully saturated rings. The maximum Gasteiger partial charge on any atom is 0.171 e. The molecule has 3 rings (SSSR count). The highest BCUT2D eigenvalue weighted by atomic mass is 35.5. The highest BCUT2D eigenvalue weighted by molar-refractivity contribution is 7.80. The number of halogens is 1. The van der Waals surface area contributed by atoms with Gasteiger partial charge in [-0.25, -0.2) is 0 Å². The van der Waals surface area contributed by atoms with Crippen molar-refractivity contribution in [1.82, 2.24) is 24.9 Å². The van der Waals surface area contributed by atoms with Crippen molar-refractivity contribution in [2.24, 2.45) is 0 Å². The van der Waals surface area contributed by atoms with Crippen LogP contribution >= 0.6 is 23.8 Å². The zero-order valence-electron chi connectivity index (χ0n) is 16.4. The van der Waals surface area contributed by atoms with Gasteiger partial charge in [-0.1, -0.05) is 23.7 Å². The Labute approximate surface area is 175 Å². The highest BCUT2D eigenvalue weighted by Gasteiger charge is 2.07. The molecule has 0 aliphatic rings. The second-order valence-corrected chi connectivity index (χ2v) is 7.68. The van der Waals surface area contributed by atoms with Crippen molar-refractivity contribution in [3.05, 3.63) is 64.1 Å². The molecule has 2 aromatic heterocycles. The summed E-state index contributed by atoms with van der Waals surface area (Å²) in [7, 11) is 0. The van der Waals surface area contributed by atoms with E-state index in [1.165, 1.54) is 5.69 Å². The lowest BCUT2D eigenvalue weighted by Gasteiger charge is -2.09. The highest BCUT2D eigenvalue weighted by Crippen LogP contribution is 2.14. The second kappa shape index (κ2) is 9.21. The normalized spacial score (nSPS) is 10.9. The Morgan fingerprint density at radius 2 is 1.75 bits per heavy atom. The first kappa shape index (κ1) is 20.4. The van der Waals surface area contributed by atoms with Crippen LogP contribution in [0.25, 0.3) is 0 Å². The third kappa shape index (κ3) is 5.56. The van der Waals surface area contributed by atoms with E-state index in [4.69, 9.17) is 23.8 Å². The minimum atomic E-state index is 0.574. The molecular weight excluding hydrogens is 392 g/mol. The zero-order chi connectivity index (χ0) is 20.1. The quantitative estimate of drug-likeness (QED) is 0.449. The van der Waals surface area contributed by atoms with Gasteiger partial charge in [0.15, 0.2) is 10.9 Å².